The molecule has 0 spiro atoms. The van der Waals surface area contributed by atoms with Crippen LogP contribution in [-0.2, 0) is 11.2 Å². The van der Waals surface area contributed by atoms with Crippen LogP contribution in [0.5, 0.6) is 0 Å². The van der Waals surface area contributed by atoms with Gasteiger partial charge in [-0.05, 0) is 62.2 Å². The average molecular weight is 305 g/mol. The Kier molecular flexibility index (Phi) is 3.48. The molecule has 0 radical (unpaired) electrons. The average Bonchev–Trinajstić information content (AvgIpc) is 2.85. The van der Waals surface area contributed by atoms with E-state index < -0.39 is 0 Å². The van der Waals surface area contributed by atoms with E-state index in [4.69, 9.17) is 0 Å². The van der Waals surface area contributed by atoms with Crippen molar-refractivity contribution >= 4 is 22.4 Å². The number of nitrogens with one attached hydrogen (secondary N) is 1. The minimum atomic E-state index is 0.211. The molecule has 1 heterocycles. The molecule has 0 aliphatic heterocycles. The minimum absolute atomic E-state index is 0.211. The summed E-state index contributed by atoms with van der Waals surface area (Å²) in [5, 5.41) is 13.0. The molecule has 4 aliphatic rings. The van der Waals surface area contributed by atoms with Crippen LogP contribution in [0.1, 0.15) is 50.5 Å². The number of anilines is 1. The zero-order chi connectivity index (χ0) is 14.4. The van der Waals surface area contributed by atoms with Crippen LogP contribution < -0.4 is 5.32 Å². The van der Waals surface area contributed by atoms with Crippen LogP contribution in [0.4, 0.5) is 5.13 Å². The molecule has 1 aromatic rings. The van der Waals surface area contributed by atoms with Gasteiger partial charge in [-0.25, -0.2) is 0 Å². The smallest absolute Gasteiger partial charge is 0.229 e. The first kappa shape index (κ1) is 13.7. The maximum absolute atomic E-state index is 12.7. The SMILES string of the molecule is CCCc1nnc(NC(=O)C2C3CC4CC(C3)CC2C4)s1. The van der Waals surface area contributed by atoms with Crippen molar-refractivity contribution in [3.05, 3.63) is 5.01 Å². The maximum atomic E-state index is 12.7. The van der Waals surface area contributed by atoms with Crippen molar-refractivity contribution in [3.63, 3.8) is 0 Å². The van der Waals surface area contributed by atoms with Crippen molar-refractivity contribution in [1.82, 2.24) is 10.2 Å². The molecule has 5 rings (SSSR count). The van der Waals surface area contributed by atoms with Crippen LogP contribution in [-0.4, -0.2) is 16.1 Å². The summed E-state index contributed by atoms with van der Waals surface area (Å²) in [6.45, 7) is 2.13. The van der Waals surface area contributed by atoms with Crippen molar-refractivity contribution in [3.8, 4) is 0 Å². The van der Waals surface area contributed by atoms with Crippen LogP contribution in [0.2, 0.25) is 0 Å². The second-order valence-electron chi connectivity index (χ2n) is 7.20. The Balaban J connectivity index is 1.45. The molecule has 114 valence electrons. The summed E-state index contributed by atoms with van der Waals surface area (Å²) in [4.78, 5) is 12.7. The highest BCUT2D eigenvalue weighted by molar-refractivity contribution is 7.15. The lowest BCUT2D eigenvalue weighted by Crippen LogP contribution is -2.49. The predicted molar refractivity (Wildman–Crippen MR) is 83.1 cm³/mol. The van der Waals surface area contributed by atoms with Crippen molar-refractivity contribution < 1.29 is 4.79 Å². The van der Waals surface area contributed by atoms with Gasteiger partial charge < -0.3 is 5.32 Å². The summed E-state index contributed by atoms with van der Waals surface area (Å²) in [7, 11) is 0. The van der Waals surface area contributed by atoms with E-state index in [1.54, 1.807) is 0 Å². The third-order valence-corrected chi connectivity index (χ3v) is 6.59. The van der Waals surface area contributed by atoms with E-state index in [1.807, 2.05) is 0 Å². The first-order valence-electron chi connectivity index (χ1n) is 8.36. The number of nitrogens with zero attached hydrogens (tertiary/aromatic N) is 2. The van der Waals surface area contributed by atoms with Crippen molar-refractivity contribution in [2.24, 2.45) is 29.6 Å². The lowest BCUT2D eigenvalue weighted by atomic mass is 9.51. The van der Waals surface area contributed by atoms with Gasteiger partial charge in [0.25, 0.3) is 0 Å². The summed E-state index contributed by atoms with van der Waals surface area (Å²) < 4.78 is 0. The molecule has 4 aliphatic carbocycles. The van der Waals surface area contributed by atoms with Crippen LogP contribution in [0.15, 0.2) is 0 Å². The Morgan fingerprint density at radius 1 is 1.14 bits per heavy atom. The fourth-order valence-corrected chi connectivity index (χ4v) is 6.01. The van der Waals surface area contributed by atoms with E-state index in [2.05, 4.69) is 22.4 Å². The highest BCUT2D eigenvalue weighted by Gasteiger charge is 2.50. The van der Waals surface area contributed by atoms with Crippen molar-refractivity contribution in [2.45, 2.75) is 51.9 Å². The Bertz CT molecular complexity index is 513. The molecule has 4 saturated carbocycles. The Morgan fingerprint density at radius 3 is 2.43 bits per heavy atom. The van der Waals surface area contributed by atoms with Gasteiger partial charge in [0.1, 0.15) is 5.01 Å². The third-order valence-electron chi connectivity index (χ3n) is 5.69. The molecule has 21 heavy (non-hydrogen) atoms. The van der Waals surface area contributed by atoms with E-state index in [9.17, 15) is 4.79 Å². The molecule has 1 N–H and O–H groups in total. The molecule has 1 amide bonds. The van der Waals surface area contributed by atoms with E-state index >= 15 is 0 Å². The number of hydrogen-bond acceptors (Lipinski definition) is 4. The van der Waals surface area contributed by atoms with Gasteiger partial charge in [0.05, 0.1) is 0 Å². The van der Waals surface area contributed by atoms with Crippen LogP contribution >= 0.6 is 11.3 Å². The molecular formula is C16H23N3OS. The van der Waals surface area contributed by atoms with Crippen LogP contribution in [0.3, 0.4) is 0 Å². The van der Waals surface area contributed by atoms with Gasteiger partial charge in [0.2, 0.25) is 11.0 Å². The molecule has 1 aromatic heterocycles. The largest absolute Gasteiger partial charge is 0.300 e. The Labute approximate surface area is 129 Å². The van der Waals surface area contributed by atoms with Gasteiger partial charge >= 0.3 is 0 Å². The number of rotatable bonds is 4. The number of amides is 1. The van der Waals surface area contributed by atoms with Crippen molar-refractivity contribution in [2.75, 3.05) is 5.32 Å². The summed E-state index contributed by atoms with van der Waals surface area (Å²) in [5.41, 5.74) is 0. The summed E-state index contributed by atoms with van der Waals surface area (Å²) in [6, 6.07) is 0. The fourth-order valence-electron chi connectivity index (χ4n) is 5.16. The molecule has 4 nitrogen and oxygen atoms in total. The second kappa shape index (κ2) is 5.34. The minimum Gasteiger partial charge on any atom is -0.300 e. The van der Waals surface area contributed by atoms with Gasteiger partial charge in [0.15, 0.2) is 0 Å². The highest BCUT2D eigenvalue weighted by Crippen LogP contribution is 2.56. The van der Waals surface area contributed by atoms with Gasteiger partial charge in [0, 0.05) is 12.3 Å². The van der Waals surface area contributed by atoms with E-state index in [1.165, 1.54) is 43.4 Å². The van der Waals surface area contributed by atoms with Crippen LogP contribution in [0, 0.1) is 29.6 Å². The number of hydrogen-bond donors (Lipinski definition) is 1. The summed E-state index contributed by atoms with van der Waals surface area (Å²) in [5.74, 6) is 3.52. The van der Waals surface area contributed by atoms with Gasteiger partial charge in [-0.1, -0.05) is 18.3 Å². The molecule has 4 bridgehead atoms. The Hall–Kier alpha value is -0.970. The first-order chi connectivity index (χ1) is 10.2. The summed E-state index contributed by atoms with van der Waals surface area (Å²) >= 11 is 1.53. The number of carbonyl (C=O) groups excluding carboxylic acids is 1. The molecule has 0 aromatic carbocycles. The van der Waals surface area contributed by atoms with E-state index in [-0.39, 0.29) is 11.8 Å². The highest BCUT2D eigenvalue weighted by atomic mass is 32.1. The zero-order valence-electron chi connectivity index (χ0n) is 12.5. The standard InChI is InChI=1S/C16H23N3OS/c1-2-3-13-18-19-16(21-13)17-15(20)14-11-5-9-4-10(7-11)8-12(14)6-9/h9-12,14H,2-8H2,1H3,(H,17,19,20). The van der Waals surface area contributed by atoms with E-state index in [0.717, 1.165) is 29.7 Å². The zero-order valence-corrected chi connectivity index (χ0v) is 13.4. The predicted octanol–water partition coefficient (Wildman–Crippen LogP) is 3.50. The molecule has 0 unspecified atom stereocenters. The molecule has 4 fully saturated rings. The monoisotopic (exact) mass is 305 g/mol. The van der Waals surface area contributed by atoms with Gasteiger partial charge in [-0.3, -0.25) is 4.79 Å². The lowest BCUT2D eigenvalue weighted by molar-refractivity contribution is -0.132. The number of aromatic nitrogens is 2. The lowest BCUT2D eigenvalue weighted by Gasteiger charge is -2.53. The quantitative estimate of drug-likeness (QED) is 0.926. The topological polar surface area (TPSA) is 54.9 Å². The Morgan fingerprint density at radius 2 is 1.81 bits per heavy atom. The fraction of sp³-hybridized carbons (Fsp3) is 0.812. The molecule has 0 saturated heterocycles. The third kappa shape index (κ3) is 2.50. The number of aryl methyl sites for hydroxylation is 1. The molecular weight excluding hydrogens is 282 g/mol. The second-order valence-corrected chi connectivity index (χ2v) is 8.26. The van der Waals surface area contributed by atoms with Gasteiger partial charge in [-0.15, -0.1) is 10.2 Å². The maximum Gasteiger partial charge on any atom is 0.229 e. The van der Waals surface area contributed by atoms with E-state index in [0.29, 0.717) is 17.0 Å². The van der Waals surface area contributed by atoms with Gasteiger partial charge in [-0.2, -0.15) is 0 Å². The molecule has 0 atom stereocenters. The summed E-state index contributed by atoms with van der Waals surface area (Å²) in [6.07, 6.45) is 8.57. The molecule has 5 heteroatoms. The number of carbonyl (C=O) groups is 1. The van der Waals surface area contributed by atoms with Crippen molar-refractivity contribution in [1.29, 1.82) is 0 Å². The first-order valence-corrected chi connectivity index (χ1v) is 9.17. The van der Waals surface area contributed by atoms with Crippen LogP contribution in [0.25, 0.3) is 0 Å². The normalized spacial score (nSPS) is 36.9.